The lowest BCUT2D eigenvalue weighted by Crippen LogP contribution is -2.15. The fourth-order valence-corrected chi connectivity index (χ4v) is 2.11. The van der Waals surface area contributed by atoms with Gasteiger partial charge in [-0.25, -0.2) is 0 Å². The first-order chi connectivity index (χ1) is 10.5. The topological polar surface area (TPSA) is 81.5 Å². The number of anilines is 1. The second-order valence-electron chi connectivity index (χ2n) is 4.80. The Morgan fingerprint density at radius 2 is 2.00 bits per heavy atom. The summed E-state index contributed by atoms with van der Waals surface area (Å²) in [6.45, 7) is 1.65. The van der Waals surface area contributed by atoms with E-state index in [0.29, 0.717) is 17.0 Å². The molecule has 0 spiro atoms. The van der Waals surface area contributed by atoms with E-state index in [1.807, 2.05) is 12.1 Å². The molecule has 22 heavy (non-hydrogen) atoms. The number of carbonyl (C=O) groups excluding carboxylic acids is 1. The maximum absolute atomic E-state index is 12.1. The second-order valence-corrected chi connectivity index (χ2v) is 4.80. The molecule has 0 fully saturated rings. The maximum atomic E-state index is 12.1. The van der Waals surface area contributed by atoms with Crippen molar-refractivity contribution in [3.63, 3.8) is 0 Å². The van der Waals surface area contributed by atoms with Crippen LogP contribution in [0.1, 0.15) is 11.1 Å². The molecular formula is C16H16N2O4. The minimum atomic E-state index is -0.467. The van der Waals surface area contributed by atoms with Gasteiger partial charge in [0.05, 0.1) is 18.5 Å². The third-order valence-electron chi connectivity index (χ3n) is 3.23. The number of rotatable bonds is 5. The molecule has 6 heteroatoms. The Labute approximate surface area is 127 Å². The average Bonchev–Trinajstić information content (AvgIpc) is 2.49. The number of ether oxygens (including phenoxy) is 1. The number of amides is 1. The van der Waals surface area contributed by atoms with Gasteiger partial charge >= 0.3 is 0 Å². The number of para-hydroxylation sites is 1. The summed E-state index contributed by atoms with van der Waals surface area (Å²) in [5, 5.41) is 13.6. The Hall–Kier alpha value is -2.89. The van der Waals surface area contributed by atoms with Crippen molar-refractivity contribution < 1.29 is 14.5 Å². The zero-order valence-electron chi connectivity index (χ0n) is 12.3. The number of nitro groups is 1. The molecule has 0 aliphatic heterocycles. The Bertz CT molecular complexity index is 713. The lowest BCUT2D eigenvalue weighted by Gasteiger charge is -2.09. The predicted molar refractivity (Wildman–Crippen MR) is 83.2 cm³/mol. The molecule has 0 unspecified atom stereocenters. The van der Waals surface area contributed by atoms with Crippen LogP contribution in [0.2, 0.25) is 0 Å². The van der Waals surface area contributed by atoms with Gasteiger partial charge in [-0.15, -0.1) is 0 Å². The molecule has 0 heterocycles. The van der Waals surface area contributed by atoms with Gasteiger partial charge in [0.25, 0.3) is 5.69 Å². The molecule has 114 valence electrons. The molecular weight excluding hydrogens is 284 g/mol. The van der Waals surface area contributed by atoms with Crippen molar-refractivity contribution >= 4 is 17.3 Å². The van der Waals surface area contributed by atoms with Crippen LogP contribution in [0.4, 0.5) is 11.4 Å². The molecule has 0 saturated carbocycles. The number of benzene rings is 2. The minimum absolute atomic E-state index is 0.0184. The quantitative estimate of drug-likeness (QED) is 0.679. The molecule has 2 aromatic rings. The molecule has 0 saturated heterocycles. The van der Waals surface area contributed by atoms with Crippen molar-refractivity contribution in [2.45, 2.75) is 13.3 Å². The molecule has 0 bridgehead atoms. The number of hydrogen-bond donors (Lipinski definition) is 1. The number of methoxy groups -OCH3 is 1. The van der Waals surface area contributed by atoms with Crippen LogP contribution >= 0.6 is 0 Å². The third-order valence-corrected chi connectivity index (χ3v) is 3.23. The zero-order valence-corrected chi connectivity index (χ0v) is 12.3. The van der Waals surface area contributed by atoms with Crippen molar-refractivity contribution in [1.29, 1.82) is 0 Å². The van der Waals surface area contributed by atoms with Gasteiger partial charge in [-0.3, -0.25) is 14.9 Å². The highest BCUT2D eigenvalue weighted by Gasteiger charge is 2.13. The van der Waals surface area contributed by atoms with Crippen molar-refractivity contribution in [3.8, 4) is 5.75 Å². The van der Waals surface area contributed by atoms with Gasteiger partial charge in [0, 0.05) is 22.9 Å². The van der Waals surface area contributed by atoms with Crippen LogP contribution in [0.3, 0.4) is 0 Å². The van der Waals surface area contributed by atoms with Crippen LogP contribution in [0.25, 0.3) is 0 Å². The van der Waals surface area contributed by atoms with Crippen LogP contribution < -0.4 is 10.1 Å². The fourth-order valence-electron chi connectivity index (χ4n) is 2.11. The molecule has 1 amide bonds. The Morgan fingerprint density at radius 3 is 2.68 bits per heavy atom. The molecule has 0 aliphatic rings. The third kappa shape index (κ3) is 3.60. The highest BCUT2D eigenvalue weighted by atomic mass is 16.6. The number of aryl methyl sites for hydroxylation is 1. The van der Waals surface area contributed by atoms with E-state index in [1.54, 1.807) is 38.3 Å². The Balaban J connectivity index is 2.12. The summed E-state index contributed by atoms with van der Waals surface area (Å²) in [4.78, 5) is 22.5. The van der Waals surface area contributed by atoms with E-state index >= 15 is 0 Å². The standard InChI is InChI=1S/C16H16N2O4/c1-11-7-8-13(10-14(11)18(20)21)17-16(19)9-12-5-3-4-6-15(12)22-2/h3-8,10H,9H2,1-2H3,(H,17,19). The van der Waals surface area contributed by atoms with Gasteiger partial charge in [-0.05, 0) is 19.1 Å². The van der Waals surface area contributed by atoms with Gasteiger partial charge in [0.2, 0.25) is 5.91 Å². The van der Waals surface area contributed by atoms with Crippen LogP contribution in [0, 0.1) is 17.0 Å². The largest absolute Gasteiger partial charge is 0.496 e. The van der Waals surface area contributed by atoms with Crippen molar-refractivity contribution in [1.82, 2.24) is 0 Å². The highest BCUT2D eigenvalue weighted by molar-refractivity contribution is 5.93. The summed E-state index contributed by atoms with van der Waals surface area (Å²) < 4.78 is 5.19. The van der Waals surface area contributed by atoms with E-state index in [0.717, 1.165) is 5.56 Å². The monoisotopic (exact) mass is 300 g/mol. The SMILES string of the molecule is COc1ccccc1CC(=O)Nc1ccc(C)c([N+](=O)[O-])c1. The van der Waals surface area contributed by atoms with Crippen LogP contribution in [-0.4, -0.2) is 17.9 Å². The summed E-state index contributed by atoms with van der Waals surface area (Å²) >= 11 is 0. The van der Waals surface area contributed by atoms with Gasteiger partial charge in [0.15, 0.2) is 0 Å². The maximum Gasteiger partial charge on any atom is 0.274 e. The van der Waals surface area contributed by atoms with Crippen molar-refractivity contribution in [2.24, 2.45) is 0 Å². The Morgan fingerprint density at radius 1 is 1.27 bits per heavy atom. The van der Waals surface area contributed by atoms with Crippen LogP contribution in [0.5, 0.6) is 5.75 Å². The van der Waals surface area contributed by atoms with Gasteiger partial charge < -0.3 is 10.1 Å². The van der Waals surface area contributed by atoms with E-state index in [4.69, 9.17) is 4.74 Å². The lowest BCUT2D eigenvalue weighted by molar-refractivity contribution is -0.385. The van der Waals surface area contributed by atoms with Gasteiger partial charge in [0.1, 0.15) is 5.75 Å². The molecule has 2 aromatic carbocycles. The summed E-state index contributed by atoms with van der Waals surface area (Å²) in [7, 11) is 1.54. The fraction of sp³-hybridized carbons (Fsp3) is 0.188. The zero-order chi connectivity index (χ0) is 16.1. The number of hydrogen-bond acceptors (Lipinski definition) is 4. The van der Waals surface area contributed by atoms with E-state index in [9.17, 15) is 14.9 Å². The van der Waals surface area contributed by atoms with E-state index < -0.39 is 4.92 Å². The molecule has 0 aromatic heterocycles. The first kappa shape index (κ1) is 15.5. The second kappa shape index (κ2) is 6.71. The van der Waals surface area contributed by atoms with Gasteiger partial charge in [-0.2, -0.15) is 0 Å². The molecule has 6 nitrogen and oxygen atoms in total. The number of nitro benzene ring substituents is 1. The first-order valence-electron chi connectivity index (χ1n) is 6.68. The summed E-state index contributed by atoms with van der Waals surface area (Å²) in [5.74, 6) is 0.371. The highest BCUT2D eigenvalue weighted by Crippen LogP contribution is 2.23. The number of nitrogens with one attached hydrogen (secondary N) is 1. The van der Waals surface area contributed by atoms with E-state index in [-0.39, 0.29) is 18.0 Å². The van der Waals surface area contributed by atoms with Crippen molar-refractivity contribution in [2.75, 3.05) is 12.4 Å². The van der Waals surface area contributed by atoms with E-state index in [2.05, 4.69) is 5.32 Å². The first-order valence-corrected chi connectivity index (χ1v) is 6.68. The number of carbonyl (C=O) groups is 1. The Kier molecular flexibility index (Phi) is 4.73. The van der Waals surface area contributed by atoms with E-state index in [1.165, 1.54) is 6.07 Å². The predicted octanol–water partition coefficient (Wildman–Crippen LogP) is 3.09. The molecule has 0 aliphatic carbocycles. The lowest BCUT2D eigenvalue weighted by atomic mass is 10.1. The normalized spacial score (nSPS) is 10.1. The average molecular weight is 300 g/mol. The molecule has 2 rings (SSSR count). The molecule has 0 radical (unpaired) electrons. The summed E-state index contributed by atoms with van der Waals surface area (Å²) in [6.07, 6.45) is 0.131. The van der Waals surface area contributed by atoms with Crippen LogP contribution in [0.15, 0.2) is 42.5 Å². The smallest absolute Gasteiger partial charge is 0.274 e. The number of nitrogens with zero attached hydrogens (tertiary/aromatic N) is 1. The van der Waals surface area contributed by atoms with Crippen LogP contribution in [-0.2, 0) is 11.2 Å². The summed E-state index contributed by atoms with van der Waals surface area (Å²) in [5.41, 5.74) is 1.68. The minimum Gasteiger partial charge on any atom is -0.496 e. The van der Waals surface area contributed by atoms with Crippen molar-refractivity contribution in [3.05, 3.63) is 63.7 Å². The summed E-state index contributed by atoms with van der Waals surface area (Å²) in [6, 6.07) is 11.8. The van der Waals surface area contributed by atoms with Gasteiger partial charge in [-0.1, -0.05) is 24.3 Å². The molecule has 0 atom stereocenters. The molecule has 1 N–H and O–H groups in total.